The minimum atomic E-state index is -1.72. The number of nitrogens with zero attached hydrogens (tertiary/aromatic N) is 2. The maximum Gasteiger partial charge on any atom is 0.323 e. The molecule has 10 heteroatoms. The maximum atomic E-state index is 12.9. The Balaban J connectivity index is 1.71. The number of rotatable bonds is 3. The lowest BCUT2D eigenvalue weighted by Crippen LogP contribution is -2.51. The van der Waals surface area contributed by atoms with Crippen molar-refractivity contribution in [2.75, 3.05) is 0 Å². The zero-order chi connectivity index (χ0) is 21.2. The van der Waals surface area contributed by atoms with E-state index in [1.165, 1.54) is 15.3 Å². The molecular formula is C20H14Cl2N4O4. The number of fused-ring (bicyclic) bond motifs is 2. The predicted molar refractivity (Wildman–Crippen MR) is 112 cm³/mol. The lowest BCUT2D eigenvalue weighted by molar-refractivity contribution is -0.128. The van der Waals surface area contributed by atoms with Crippen LogP contribution in [0.5, 0.6) is 11.8 Å². The summed E-state index contributed by atoms with van der Waals surface area (Å²) < 4.78 is 2.69. The van der Waals surface area contributed by atoms with Crippen molar-refractivity contribution in [3.63, 3.8) is 0 Å². The third kappa shape index (κ3) is 2.61. The molecule has 1 atom stereocenters. The number of urea groups is 1. The van der Waals surface area contributed by atoms with Crippen molar-refractivity contribution >= 4 is 56.7 Å². The molecular weight excluding hydrogens is 431 g/mol. The van der Waals surface area contributed by atoms with Crippen LogP contribution in [0.1, 0.15) is 0 Å². The Hall–Kier alpha value is -3.36. The van der Waals surface area contributed by atoms with Gasteiger partial charge in [-0.1, -0.05) is 23.2 Å². The molecule has 0 spiro atoms. The summed E-state index contributed by atoms with van der Waals surface area (Å²) in [5.41, 5.74) is -1.72. The van der Waals surface area contributed by atoms with Gasteiger partial charge in [0.15, 0.2) is 5.88 Å². The summed E-state index contributed by atoms with van der Waals surface area (Å²) in [6.45, 7) is -0.189. The topological polar surface area (TPSA) is 109 Å². The van der Waals surface area contributed by atoms with E-state index in [0.29, 0.717) is 31.6 Å². The molecule has 2 aromatic carbocycles. The molecule has 30 heavy (non-hydrogen) atoms. The Morgan fingerprint density at radius 3 is 2.10 bits per heavy atom. The molecule has 3 amide bonds. The van der Waals surface area contributed by atoms with Crippen LogP contribution in [0.25, 0.3) is 21.5 Å². The number of amides is 3. The summed E-state index contributed by atoms with van der Waals surface area (Å²) in [7, 11) is 0. The van der Waals surface area contributed by atoms with Crippen LogP contribution in [-0.2, 0) is 17.0 Å². The fraction of sp³-hybridized carbons (Fsp3) is 0.100. The zero-order valence-electron chi connectivity index (χ0n) is 15.2. The van der Waals surface area contributed by atoms with Crippen LogP contribution in [0.3, 0.4) is 0 Å². The van der Waals surface area contributed by atoms with Gasteiger partial charge in [-0.25, -0.2) is 4.79 Å². The fourth-order valence-corrected chi connectivity index (χ4v) is 4.26. The van der Waals surface area contributed by atoms with E-state index >= 15 is 0 Å². The SMILES string of the molecule is O=C1NC(=O)C(Cn2cc3cc(Cl)ccc3c2O)(n2cc3cc(Cl)ccc3c2O)N1. The van der Waals surface area contributed by atoms with Gasteiger partial charge in [0.05, 0.1) is 6.54 Å². The highest BCUT2D eigenvalue weighted by molar-refractivity contribution is 6.31. The van der Waals surface area contributed by atoms with Gasteiger partial charge in [-0.3, -0.25) is 14.7 Å². The Morgan fingerprint density at radius 2 is 1.50 bits per heavy atom. The highest BCUT2D eigenvalue weighted by Gasteiger charge is 2.50. The van der Waals surface area contributed by atoms with Gasteiger partial charge >= 0.3 is 6.03 Å². The van der Waals surface area contributed by atoms with E-state index < -0.39 is 17.6 Å². The first-order chi connectivity index (χ1) is 14.3. The first-order valence-corrected chi connectivity index (χ1v) is 9.65. The number of halogens is 2. The van der Waals surface area contributed by atoms with Gasteiger partial charge in [-0.2, -0.15) is 0 Å². The van der Waals surface area contributed by atoms with Gasteiger partial charge in [0, 0.05) is 44.0 Å². The van der Waals surface area contributed by atoms with Crippen molar-refractivity contribution in [1.29, 1.82) is 0 Å². The molecule has 0 bridgehead atoms. The van der Waals surface area contributed by atoms with E-state index in [4.69, 9.17) is 23.2 Å². The monoisotopic (exact) mass is 444 g/mol. The number of hydrogen-bond donors (Lipinski definition) is 4. The van der Waals surface area contributed by atoms with Crippen molar-refractivity contribution in [3.05, 3.63) is 58.8 Å². The summed E-state index contributed by atoms with van der Waals surface area (Å²) >= 11 is 12.1. The Bertz CT molecular complexity index is 1380. The molecule has 3 heterocycles. The Kier molecular flexibility index (Phi) is 3.93. The van der Waals surface area contributed by atoms with Crippen molar-refractivity contribution in [2.45, 2.75) is 12.2 Å². The van der Waals surface area contributed by atoms with Crippen molar-refractivity contribution in [3.8, 4) is 11.8 Å². The summed E-state index contributed by atoms with van der Waals surface area (Å²) in [5, 5.41) is 29.5. The predicted octanol–water partition coefficient (Wildman–Crippen LogP) is 3.51. The first-order valence-electron chi connectivity index (χ1n) is 8.89. The molecule has 1 aliphatic rings. The summed E-state index contributed by atoms with van der Waals surface area (Å²) in [6.07, 6.45) is 3.14. The summed E-state index contributed by atoms with van der Waals surface area (Å²) in [6, 6.07) is 9.14. The van der Waals surface area contributed by atoms with Crippen LogP contribution in [0, 0.1) is 0 Å². The second kappa shape index (κ2) is 6.32. The third-order valence-electron chi connectivity index (χ3n) is 5.31. The zero-order valence-corrected chi connectivity index (χ0v) is 16.7. The van der Waals surface area contributed by atoms with Gasteiger partial charge in [-0.05, 0) is 36.4 Å². The van der Waals surface area contributed by atoms with E-state index in [2.05, 4.69) is 10.6 Å². The standard InChI is InChI=1S/C20H14Cl2N4O4/c21-12-1-3-14-10(5-12)7-25(16(14)27)9-20(18(29)23-19(30)24-20)26-8-11-6-13(22)2-4-15(11)17(26)28/h1-8,27-28H,9H2,(H2,23,24,29,30). The number of carbonyl (C=O) groups is 2. The first kappa shape index (κ1) is 18.7. The second-order valence-electron chi connectivity index (χ2n) is 7.13. The molecule has 152 valence electrons. The highest BCUT2D eigenvalue weighted by atomic mass is 35.5. The minimum Gasteiger partial charge on any atom is -0.494 e. The van der Waals surface area contributed by atoms with E-state index in [1.54, 1.807) is 42.6 Å². The lowest BCUT2D eigenvalue weighted by atomic mass is 10.1. The Labute approximate surface area is 179 Å². The van der Waals surface area contributed by atoms with Gasteiger partial charge in [-0.15, -0.1) is 0 Å². The molecule has 0 radical (unpaired) electrons. The second-order valence-corrected chi connectivity index (χ2v) is 8.01. The summed E-state index contributed by atoms with van der Waals surface area (Å²) in [5.74, 6) is -1.00. The maximum absolute atomic E-state index is 12.9. The third-order valence-corrected chi connectivity index (χ3v) is 5.78. The van der Waals surface area contributed by atoms with Crippen molar-refractivity contribution in [2.24, 2.45) is 0 Å². The normalized spacial score (nSPS) is 18.9. The number of benzene rings is 2. The molecule has 4 aromatic rings. The van der Waals surface area contributed by atoms with Gasteiger partial charge in [0.25, 0.3) is 5.91 Å². The van der Waals surface area contributed by atoms with Gasteiger partial charge in [0.1, 0.15) is 0 Å². The van der Waals surface area contributed by atoms with Gasteiger partial charge < -0.3 is 20.1 Å². The molecule has 0 aliphatic carbocycles. The quantitative estimate of drug-likeness (QED) is 0.362. The minimum absolute atomic E-state index is 0.103. The van der Waals surface area contributed by atoms with E-state index in [9.17, 15) is 19.8 Å². The van der Waals surface area contributed by atoms with Crippen LogP contribution in [0.4, 0.5) is 4.79 Å². The van der Waals surface area contributed by atoms with E-state index in [1.807, 2.05) is 0 Å². The van der Waals surface area contributed by atoms with Gasteiger partial charge in [0.2, 0.25) is 11.5 Å². The number of aromatic hydroxyl groups is 2. The van der Waals surface area contributed by atoms with E-state index in [-0.39, 0.29) is 18.3 Å². The molecule has 1 aliphatic heterocycles. The number of aromatic nitrogens is 2. The lowest BCUT2D eigenvalue weighted by Gasteiger charge is -2.29. The van der Waals surface area contributed by atoms with Crippen molar-refractivity contribution in [1.82, 2.24) is 19.8 Å². The number of carbonyl (C=O) groups excluding carboxylic acids is 2. The smallest absolute Gasteiger partial charge is 0.323 e. The average molecular weight is 445 g/mol. The highest BCUT2D eigenvalue weighted by Crippen LogP contribution is 2.37. The fourth-order valence-electron chi connectivity index (χ4n) is 3.90. The molecule has 2 aromatic heterocycles. The number of nitrogens with one attached hydrogen (secondary N) is 2. The van der Waals surface area contributed by atoms with Crippen LogP contribution < -0.4 is 10.6 Å². The number of hydrogen-bond acceptors (Lipinski definition) is 4. The molecule has 0 saturated carbocycles. The molecule has 1 fully saturated rings. The van der Waals surface area contributed by atoms with Crippen LogP contribution in [0.2, 0.25) is 10.0 Å². The molecule has 4 N–H and O–H groups in total. The van der Waals surface area contributed by atoms with Crippen LogP contribution in [-0.4, -0.2) is 31.3 Å². The molecule has 1 unspecified atom stereocenters. The Morgan fingerprint density at radius 1 is 0.900 bits per heavy atom. The molecule has 1 saturated heterocycles. The van der Waals surface area contributed by atoms with Crippen molar-refractivity contribution < 1.29 is 19.8 Å². The molecule has 8 nitrogen and oxygen atoms in total. The molecule has 5 rings (SSSR count). The number of imide groups is 1. The van der Waals surface area contributed by atoms with Crippen LogP contribution in [0.15, 0.2) is 48.8 Å². The average Bonchev–Trinajstić information content (AvgIpc) is 3.27. The summed E-state index contributed by atoms with van der Waals surface area (Å²) in [4.78, 5) is 25.0. The largest absolute Gasteiger partial charge is 0.494 e. The van der Waals surface area contributed by atoms with E-state index in [0.717, 1.165) is 0 Å². The van der Waals surface area contributed by atoms with Crippen LogP contribution >= 0.6 is 23.2 Å².